The van der Waals surface area contributed by atoms with E-state index in [0.717, 1.165) is 23.0 Å². The first-order valence-electron chi connectivity index (χ1n) is 7.92. The Morgan fingerprint density at radius 1 is 1.43 bits per heavy atom. The third-order valence-electron chi connectivity index (χ3n) is 3.97. The fourth-order valence-corrected chi connectivity index (χ4v) is 3.17. The van der Waals surface area contributed by atoms with E-state index in [9.17, 15) is 4.79 Å². The summed E-state index contributed by atoms with van der Waals surface area (Å²) in [5, 5.41) is 6.33. The van der Waals surface area contributed by atoms with Gasteiger partial charge in [-0.3, -0.25) is 4.79 Å². The van der Waals surface area contributed by atoms with Crippen molar-refractivity contribution in [2.24, 2.45) is 0 Å². The lowest BCUT2D eigenvalue weighted by atomic mass is 10.2. The number of hydrogen-bond donors (Lipinski definition) is 2. The van der Waals surface area contributed by atoms with Gasteiger partial charge in [0, 0.05) is 35.5 Å². The molecule has 122 valence electrons. The van der Waals surface area contributed by atoms with Gasteiger partial charge < -0.3 is 15.1 Å². The molecule has 0 aliphatic carbocycles. The molecule has 0 radical (unpaired) electrons. The van der Waals surface area contributed by atoms with Crippen molar-refractivity contribution in [3.63, 3.8) is 0 Å². The Kier molecular flexibility index (Phi) is 5.46. The van der Waals surface area contributed by atoms with E-state index in [0.29, 0.717) is 37.1 Å². The minimum absolute atomic E-state index is 0.0411. The number of amides is 1. The van der Waals surface area contributed by atoms with Crippen LogP contribution in [0.2, 0.25) is 0 Å². The van der Waals surface area contributed by atoms with Crippen LogP contribution in [0.4, 0.5) is 0 Å². The Labute approximate surface area is 144 Å². The monoisotopic (exact) mass is 377 g/mol. The van der Waals surface area contributed by atoms with Gasteiger partial charge in [-0.2, -0.15) is 0 Å². The number of halogens is 1. The molecule has 2 N–H and O–H groups in total. The van der Waals surface area contributed by atoms with Crippen molar-refractivity contribution in [2.45, 2.75) is 31.7 Å². The maximum absolute atomic E-state index is 11.9. The van der Waals surface area contributed by atoms with Crippen LogP contribution >= 0.6 is 15.9 Å². The maximum Gasteiger partial charge on any atom is 0.220 e. The van der Waals surface area contributed by atoms with Gasteiger partial charge in [-0.1, -0.05) is 34.1 Å². The average Bonchev–Trinajstić information content (AvgIpc) is 3.23. The van der Waals surface area contributed by atoms with Crippen LogP contribution in [0.25, 0.3) is 11.3 Å². The molecule has 0 bridgehead atoms. The van der Waals surface area contributed by atoms with Crippen LogP contribution < -0.4 is 10.6 Å². The van der Waals surface area contributed by atoms with Gasteiger partial charge in [-0.15, -0.1) is 0 Å². The fourth-order valence-electron chi connectivity index (χ4n) is 2.69. The average molecular weight is 378 g/mol. The van der Waals surface area contributed by atoms with Crippen LogP contribution in [0.1, 0.15) is 25.2 Å². The number of oxazole rings is 1. The van der Waals surface area contributed by atoms with Gasteiger partial charge in [-0.25, -0.2) is 4.98 Å². The molecule has 6 heteroatoms. The molecule has 1 aliphatic heterocycles. The quantitative estimate of drug-likeness (QED) is 0.811. The van der Waals surface area contributed by atoms with Gasteiger partial charge in [-0.05, 0) is 25.5 Å². The third-order valence-corrected chi connectivity index (χ3v) is 4.66. The predicted molar refractivity (Wildman–Crippen MR) is 92.0 cm³/mol. The minimum Gasteiger partial charge on any atom is -0.441 e. The largest absolute Gasteiger partial charge is 0.441 e. The fraction of sp³-hybridized carbons (Fsp3) is 0.412. The zero-order valence-corrected chi connectivity index (χ0v) is 14.4. The Morgan fingerprint density at radius 2 is 2.30 bits per heavy atom. The van der Waals surface area contributed by atoms with Crippen molar-refractivity contribution >= 4 is 21.8 Å². The highest BCUT2D eigenvalue weighted by atomic mass is 79.9. The number of aromatic nitrogens is 1. The van der Waals surface area contributed by atoms with E-state index in [4.69, 9.17) is 4.42 Å². The Hall–Kier alpha value is -1.66. The molecule has 0 saturated carbocycles. The SMILES string of the molecule is O=C(CCc1ncc(-c2ccccc2Br)o1)NCC1CCCN1. The molecule has 1 fully saturated rings. The molecule has 2 aromatic rings. The van der Waals surface area contributed by atoms with E-state index >= 15 is 0 Å². The number of benzene rings is 1. The van der Waals surface area contributed by atoms with E-state index in [1.54, 1.807) is 6.20 Å². The zero-order valence-electron chi connectivity index (χ0n) is 12.8. The second kappa shape index (κ2) is 7.75. The number of nitrogens with zero attached hydrogens (tertiary/aromatic N) is 1. The lowest BCUT2D eigenvalue weighted by Gasteiger charge is -2.10. The summed E-state index contributed by atoms with van der Waals surface area (Å²) < 4.78 is 6.71. The van der Waals surface area contributed by atoms with Crippen molar-refractivity contribution < 1.29 is 9.21 Å². The number of carbonyl (C=O) groups is 1. The second-order valence-electron chi connectivity index (χ2n) is 5.70. The first-order valence-corrected chi connectivity index (χ1v) is 8.71. The first kappa shape index (κ1) is 16.2. The van der Waals surface area contributed by atoms with Crippen LogP contribution in [0.3, 0.4) is 0 Å². The summed E-state index contributed by atoms with van der Waals surface area (Å²) in [5.41, 5.74) is 0.961. The topological polar surface area (TPSA) is 67.2 Å². The zero-order chi connectivity index (χ0) is 16.1. The molecule has 1 amide bonds. The summed E-state index contributed by atoms with van der Waals surface area (Å²) >= 11 is 3.50. The molecular weight excluding hydrogens is 358 g/mol. The summed E-state index contributed by atoms with van der Waals surface area (Å²) in [6.07, 6.45) is 4.93. The highest BCUT2D eigenvalue weighted by Gasteiger charge is 2.15. The summed E-state index contributed by atoms with van der Waals surface area (Å²) in [5.74, 6) is 1.34. The van der Waals surface area contributed by atoms with Crippen LogP contribution in [0, 0.1) is 0 Å². The van der Waals surface area contributed by atoms with Gasteiger partial charge in [0.05, 0.1) is 6.20 Å². The van der Waals surface area contributed by atoms with E-state index in [-0.39, 0.29) is 5.91 Å². The normalized spacial score (nSPS) is 17.3. The maximum atomic E-state index is 11.9. The smallest absolute Gasteiger partial charge is 0.220 e. The molecule has 1 unspecified atom stereocenters. The molecule has 1 aromatic heterocycles. The van der Waals surface area contributed by atoms with Crippen LogP contribution in [-0.2, 0) is 11.2 Å². The van der Waals surface area contributed by atoms with Crippen molar-refractivity contribution in [1.29, 1.82) is 0 Å². The van der Waals surface area contributed by atoms with Gasteiger partial charge in [0.15, 0.2) is 11.7 Å². The van der Waals surface area contributed by atoms with Crippen LogP contribution in [0.15, 0.2) is 39.4 Å². The van der Waals surface area contributed by atoms with Crippen LogP contribution in [-0.4, -0.2) is 30.0 Å². The Bertz CT molecular complexity index is 665. The van der Waals surface area contributed by atoms with Crippen molar-refractivity contribution in [2.75, 3.05) is 13.1 Å². The molecule has 0 spiro atoms. The molecule has 23 heavy (non-hydrogen) atoms. The Morgan fingerprint density at radius 3 is 3.09 bits per heavy atom. The summed E-state index contributed by atoms with van der Waals surface area (Å²) in [7, 11) is 0. The predicted octanol–water partition coefficient (Wildman–Crippen LogP) is 2.90. The number of rotatable bonds is 6. The van der Waals surface area contributed by atoms with Gasteiger partial charge in [0.2, 0.25) is 5.91 Å². The standard InChI is InChI=1S/C17H20BrN3O2/c18-14-6-2-1-5-13(14)15-11-21-17(23-15)8-7-16(22)20-10-12-4-3-9-19-12/h1-2,5-6,11-12,19H,3-4,7-10H2,(H,20,22). The molecule has 1 saturated heterocycles. The lowest BCUT2D eigenvalue weighted by Crippen LogP contribution is -2.37. The second-order valence-corrected chi connectivity index (χ2v) is 6.55. The molecule has 1 aromatic carbocycles. The van der Waals surface area contributed by atoms with Gasteiger partial charge in [0.1, 0.15) is 0 Å². The summed E-state index contributed by atoms with van der Waals surface area (Å²) in [4.78, 5) is 16.2. The highest BCUT2D eigenvalue weighted by Crippen LogP contribution is 2.28. The number of carbonyl (C=O) groups excluding carboxylic acids is 1. The number of nitrogens with one attached hydrogen (secondary N) is 2. The van der Waals surface area contributed by atoms with E-state index in [2.05, 4.69) is 31.5 Å². The highest BCUT2D eigenvalue weighted by molar-refractivity contribution is 9.10. The molecule has 2 heterocycles. The number of hydrogen-bond acceptors (Lipinski definition) is 4. The van der Waals surface area contributed by atoms with Crippen molar-refractivity contribution in [1.82, 2.24) is 15.6 Å². The van der Waals surface area contributed by atoms with E-state index in [1.807, 2.05) is 24.3 Å². The third kappa shape index (κ3) is 4.42. The minimum atomic E-state index is 0.0411. The van der Waals surface area contributed by atoms with E-state index in [1.165, 1.54) is 6.42 Å². The van der Waals surface area contributed by atoms with E-state index < -0.39 is 0 Å². The lowest BCUT2D eigenvalue weighted by molar-refractivity contribution is -0.121. The molecule has 5 nitrogen and oxygen atoms in total. The molecular formula is C17H20BrN3O2. The van der Waals surface area contributed by atoms with Crippen LogP contribution in [0.5, 0.6) is 0 Å². The van der Waals surface area contributed by atoms with Crippen molar-refractivity contribution in [3.8, 4) is 11.3 Å². The number of aryl methyl sites for hydroxylation is 1. The Balaban J connectivity index is 1.49. The molecule has 3 rings (SSSR count). The van der Waals surface area contributed by atoms with Gasteiger partial charge in [0.25, 0.3) is 0 Å². The summed E-state index contributed by atoms with van der Waals surface area (Å²) in [6.45, 7) is 1.75. The van der Waals surface area contributed by atoms with Crippen molar-refractivity contribution in [3.05, 3.63) is 40.8 Å². The molecule has 1 aliphatic rings. The molecule has 1 atom stereocenters. The first-order chi connectivity index (χ1) is 11.2. The summed E-state index contributed by atoms with van der Waals surface area (Å²) in [6, 6.07) is 8.25. The van der Waals surface area contributed by atoms with Gasteiger partial charge >= 0.3 is 0 Å².